The fourth-order valence-corrected chi connectivity index (χ4v) is 3.18. The Morgan fingerprint density at radius 1 is 1.17 bits per heavy atom. The Morgan fingerprint density at radius 3 is 2.48 bits per heavy atom. The van der Waals surface area contributed by atoms with Gasteiger partial charge in [-0.05, 0) is 36.6 Å². The summed E-state index contributed by atoms with van der Waals surface area (Å²) in [4.78, 5) is 16.7. The number of benzene rings is 1. The fourth-order valence-electron chi connectivity index (χ4n) is 3.18. The third kappa shape index (κ3) is 3.74. The summed E-state index contributed by atoms with van der Waals surface area (Å²) in [5.41, 5.74) is 2.43. The highest BCUT2D eigenvalue weighted by Crippen LogP contribution is 2.25. The van der Waals surface area contributed by atoms with Crippen molar-refractivity contribution in [3.63, 3.8) is 0 Å². The minimum Gasteiger partial charge on any atom is -0.508 e. The van der Waals surface area contributed by atoms with Crippen molar-refractivity contribution in [1.29, 1.82) is 0 Å². The third-order valence-corrected chi connectivity index (χ3v) is 4.71. The van der Waals surface area contributed by atoms with Gasteiger partial charge in [-0.15, -0.1) is 0 Å². The molecule has 1 fully saturated rings. The number of aromatic hydroxyl groups is 1. The lowest BCUT2D eigenvalue weighted by atomic mass is 9.98. The minimum atomic E-state index is -0.0919. The largest absolute Gasteiger partial charge is 0.508 e. The molecule has 2 aliphatic heterocycles. The van der Waals surface area contributed by atoms with Gasteiger partial charge >= 0.3 is 0 Å². The Labute approximate surface area is 137 Å². The fraction of sp³-hybridized carbons (Fsp3) is 0.500. The van der Waals surface area contributed by atoms with Crippen molar-refractivity contribution in [2.45, 2.75) is 19.4 Å². The van der Waals surface area contributed by atoms with E-state index in [2.05, 4.69) is 11.0 Å². The first kappa shape index (κ1) is 16.0. The number of rotatable bonds is 3. The summed E-state index contributed by atoms with van der Waals surface area (Å²) in [6, 6.07) is 7.23. The summed E-state index contributed by atoms with van der Waals surface area (Å²) in [6.45, 7) is 6.35. The first-order chi connectivity index (χ1) is 11.1. The summed E-state index contributed by atoms with van der Waals surface area (Å²) in [5.74, 6) is 0.492. The predicted octanol–water partition coefficient (Wildman–Crippen LogP) is 1.73. The molecule has 0 aliphatic carbocycles. The van der Waals surface area contributed by atoms with Crippen LogP contribution < -0.4 is 0 Å². The Bertz CT molecular complexity index is 576. The molecule has 2 aliphatic rings. The van der Waals surface area contributed by atoms with Gasteiger partial charge in [-0.2, -0.15) is 0 Å². The van der Waals surface area contributed by atoms with Crippen molar-refractivity contribution >= 4 is 11.5 Å². The third-order valence-electron chi connectivity index (χ3n) is 4.71. The highest BCUT2D eigenvalue weighted by atomic mass is 16.5. The molecule has 5 heteroatoms. The zero-order valence-corrected chi connectivity index (χ0v) is 13.6. The number of amides is 1. The van der Waals surface area contributed by atoms with E-state index < -0.39 is 0 Å². The van der Waals surface area contributed by atoms with E-state index in [-0.39, 0.29) is 17.7 Å². The molecule has 0 bridgehead atoms. The number of phenolic OH excluding ortho intramolecular Hbond substituents is 1. The van der Waals surface area contributed by atoms with Crippen LogP contribution in [0, 0.1) is 0 Å². The molecule has 0 saturated carbocycles. The summed E-state index contributed by atoms with van der Waals surface area (Å²) in [5, 5.41) is 9.38. The van der Waals surface area contributed by atoms with Crippen LogP contribution in [0.2, 0.25) is 0 Å². The second-order valence-corrected chi connectivity index (χ2v) is 6.13. The summed E-state index contributed by atoms with van der Waals surface area (Å²) in [7, 11) is 0. The zero-order valence-electron chi connectivity index (χ0n) is 13.6. The highest BCUT2D eigenvalue weighted by Gasteiger charge is 2.28. The maximum atomic E-state index is 12.6. The number of phenols is 1. The lowest BCUT2D eigenvalue weighted by molar-refractivity contribution is -0.140. The van der Waals surface area contributed by atoms with E-state index in [0.29, 0.717) is 26.3 Å². The molecular weight excluding hydrogens is 292 g/mol. The average Bonchev–Trinajstić information content (AvgIpc) is 2.62. The smallest absolute Gasteiger partial charge is 0.239 e. The Morgan fingerprint density at radius 2 is 1.87 bits per heavy atom. The van der Waals surface area contributed by atoms with E-state index in [1.165, 1.54) is 5.57 Å². The van der Waals surface area contributed by atoms with Crippen LogP contribution in [0.4, 0.5) is 0 Å². The number of morpholine rings is 1. The SMILES string of the molecule is C[C@@H](C(=O)N1CCOCC1)N1CC=C(c2ccc(O)cc2)CC1. The topological polar surface area (TPSA) is 53.0 Å². The number of hydrogen-bond donors (Lipinski definition) is 1. The molecule has 1 amide bonds. The van der Waals surface area contributed by atoms with Crippen LogP contribution in [-0.2, 0) is 9.53 Å². The molecule has 1 aromatic rings. The van der Waals surface area contributed by atoms with E-state index in [1.54, 1.807) is 12.1 Å². The molecule has 0 radical (unpaired) electrons. The lowest BCUT2D eigenvalue weighted by Crippen LogP contribution is -2.51. The van der Waals surface area contributed by atoms with Gasteiger partial charge in [0, 0.05) is 26.2 Å². The molecule has 2 heterocycles. The molecule has 3 rings (SSSR count). The quantitative estimate of drug-likeness (QED) is 0.923. The highest BCUT2D eigenvalue weighted by molar-refractivity contribution is 5.81. The molecule has 5 nitrogen and oxygen atoms in total. The number of carbonyl (C=O) groups is 1. The van der Waals surface area contributed by atoms with Crippen molar-refractivity contribution in [2.24, 2.45) is 0 Å². The van der Waals surface area contributed by atoms with Crippen LogP contribution in [-0.4, -0.2) is 66.2 Å². The summed E-state index contributed by atoms with van der Waals surface area (Å²) in [6.07, 6.45) is 3.12. The van der Waals surface area contributed by atoms with Crippen molar-refractivity contribution in [3.05, 3.63) is 35.9 Å². The van der Waals surface area contributed by atoms with Crippen molar-refractivity contribution in [3.8, 4) is 5.75 Å². The minimum absolute atomic E-state index is 0.0919. The van der Waals surface area contributed by atoms with Gasteiger partial charge in [0.2, 0.25) is 5.91 Å². The van der Waals surface area contributed by atoms with Crippen LogP contribution >= 0.6 is 0 Å². The molecular formula is C18H24N2O3. The Kier molecular flexibility index (Phi) is 4.98. The first-order valence-electron chi connectivity index (χ1n) is 8.24. The van der Waals surface area contributed by atoms with Crippen molar-refractivity contribution in [2.75, 3.05) is 39.4 Å². The molecule has 0 aromatic heterocycles. The second kappa shape index (κ2) is 7.15. The summed E-state index contributed by atoms with van der Waals surface area (Å²) < 4.78 is 5.31. The normalized spacial score (nSPS) is 20.9. The van der Waals surface area contributed by atoms with E-state index in [4.69, 9.17) is 4.74 Å². The monoisotopic (exact) mass is 316 g/mol. The number of ether oxygens (including phenoxy) is 1. The molecule has 0 unspecified atom stereocenters. The molecule has 1 saturated heterocycles. The van der Waals surface area contributed by atoms with Gasteiger partial charge in [-0.3, -0.25) is 9.69 Å². The Balaban J connectivity index is 1.60. The molecule has 0 spiro atoms. The molecule has 1 aromatic carbocycles. The van der Waals surface area contributed by atoms with Gasteiger partial charge in [0.25, 0.3) is 0 Å². The predicted molar refractivity (Wildman–Crippen MR) is 89.1 cm³/mol. The second-order valence-electron chi connectivity index (χ2n) is 6.13. The van der Waals surface area contributed by atoms with Gasteiger partial charge in [0.1, 0.15) is 5.75 Å². The van der Waals surface area contributed by atoms with Crippen LogP contribution in [0.15, 0.2) is 30.3 Å². The van der Waals surface area contributed by atoms with Crippen LogP contribution in [0.5, 0.6) is 5.75 Å². The maximum absolute atomic E-state index is 12.6. The Hall–Kier alpha value is -1.85. The average molecular weight is 316 g/mol. The zero-order chi connectivity index (χ0) is 16.2. The molecule has 124 valence electrons. The summed E-state index contributed by atoms with van der Waals surface area (Å²) >= 11 is 0. The van der Waals surface area contributed by atoms with Gasteiger partial charge in [0.05, 0.1) is 19.3 Å². The number of nitrogens with zero attached hydrogens (tertiary/aromatic N) is 2. The van der Waals surface area contributed by atoms with Gasteiger partial charge in [-0.1, -0.05) is 18.2 Å². The van der Waals surface area contributed by atoms with Crippen molar-refractivity contribution < 1.29 is 14.6 Å². The van der Waals surface area contributed by atoms with Crippen LogP contribution in [0.1, 0.15) is 18.9 Å². The molecule has 23 heavy (non-hydrogen) atoms. The van der Waals surface area contributed by atoms with Gasteiger partial charge < -0.3 is 14.7 Å². The number of carbonyl (C=O) groups excluding carboxylic acids is 1. The van der Waals surface area contributed by atoms with Gasteiger partial charge in [-0.25, -0.2) is 0 Å². The standard InChI is InChI=1S/C18H24N2O3/c1-14(18(22)20-10-12-23-13-11-20)19-8-6-16(7-9-19)15-2-4-17(21)5-3-15/h2-6,14,21H,7-13H2,1H3/t14-/m0/s1. The van der Waals surface area contributed by atoms with Crippen LogP contribution in [0.3, 0.4) is 0 Å². The van der Waals surface area contributed by atoms with Crippen LogP contribution in [0.25, 0.3) is 5.57 Å². The first-order valence-corrected chi connectivity index (χ1v) is 8.24. The molecule has 1 N–H and O–H groups in total. The number of hydrogen-bond acceptors (Lipinski definition) is 4. The van der Waals surface area contributed by atoms with Crippen molar-refractivity contribution in [1.82, 2.24) is 9.80 Å². The molecule has 1 atom stereocenters. The van der Waals surface area contributed by atoms with E-state index in [1.807, 2.05) is 24.0 Å². The van der Waals surface area contributed by atoms with E-state index in [9.17, 15) is 9.90 Å². The van der Waals surface area contributed by atoms with Gasteiger partial charge in [0.15, 0.2) is 0 Å². The van der Waals surface area contributed by atoms with E-state index >= 15 is 0 Å². The van der Waals surface area contributed by atoms with E-state index in [0.717, 1.165) is 25.1 Å². The maximum Gasteiger partial charge on any atom is 0.239 e. The lowest BCUT2D eigenvalue weighted by Gasteiger charge is -2.35.